The highest BCUT2D eigenvalue weighted by molar-refractivity contribution is 7.85. The topological polar surface area (TPSA) is 77.1 Å². The summed E-state index contributed by atoms with van der Waals surface area (Å²) in [6.45, 7) is 5.77. The van der Waals surface area contributed by atoms with Crippen molar-refractivity contribution in [3.8, 4) is 11.5 Å². The molecule has 0 saturated carbocycles. The number of benzene rings is 1. The molecule has 0 bridgehead atoms. The highest BCUT2D eigenvalue weighted by Crippen LogP contribution is 2.31. The van der Waals surface area contributed by atoms with Gasteiger partial charge in [0.15, 0.2) is 11.5 Å². The number of morpholine rings is 1. The van der Waals surface area contributed by atoms with Crippen LogP contribution in [0.2, 0.25) is 0 Å². The first-order chi connectivity index (χ1) is 12.2. The Hall–Kier alpha value is -1.64. The molecule has 0 radical (unpaired) electrons. The number of hydrogen-bond acceptors (Lipinski definition) is 6. The summed E-state index contributed by atoms with van der Waals surface area (Å²) in [4.78, 5) is 14.8. The molecule has 25 heavy (non-hydrogen) atoms. The zero-order valence-electron chi connectivity index (χ0n) is 14.2. The molecule has 1 amide bonds. The van der Waals surface area contributed by atoms with E-state index in [1.807, 2.05) is 0 Å². The van der Waals surface area contributed by atoms with E-state index in [0.29, 0.717) is 41.9 Å². The number of ether oxygens (including phenoxy) is 3. The lowest BCUT2D eigenvalue weighted by atomic mass is 10.3. The third kappa shape index (κ3) is 5.42. The van der Waals surface area contributed by atoms with Gasteiger partial charge in [-0.2, -0.15) is 0 Å². The summed E-state index contributed by atoms with van der Waals surface area (Å²) < 4.78 is 28.6. The van der Waals surface area contributed by atoms with Gasteiger partial charge in [-0.1, -0.05) is 0 Å². The van der Waals surface area contributed by atoms with Crippen molar-refractivity contribution < 1.29 is 23.2 Å². The van der Waals surface area contributed by atoms with E-state index in [0.717, 1.165) is 32.8 Å². The summed E-state index contributed by atoms with van der Waals surface area (Å²) in [7, 11) is -1.24. The van der Waals surface area contributed by atoms with Crippen LogP contribution in [0.1, 0.15) is 6.42 Å². The largest absolute Gasteiger partial charge is 0.486 e. The molecule has 1 aromatic rings. The molecule has 1 aromatic carbocycles. The maximum atomic E-state index is 12.4. The number of nitrogens with zero attached hydrogens (tertiary/aromatic N) is 1. The molecule has 0 spiro atoms. The second-order valence-corrected chi connectivity index (χ2v) is 7.48. The summed E-state index contributed by atoms with van der Waals surface area (Å²) in [6.07, 6.45) is 0.240. The molecule has 1 atom stereocenters. The van der Waals surface area contributed by atoms with Gasteiger partial charge in [-0.05, 0) is 12.1 Å². The van der Waals surface area contributed by atoms with Crippen molar-refractivity contribution in [1.29, 1.82) is 0 Å². The third-order valence-electron chi connectivity index (χ3n) is 4.14. The molecule has 138 valence electrons. The van der Waals surface area contributed by atoms with E-state index in [2.05, 4.69) is 10.2 Å². The predicted molar refractivity (Wildman–Crippen MR) is 93.6 cm³/mol. The van der Waals surface area contributed by atoms with Gasteiger partial charge in [-0.15, -0.1) is 0 Å². The van der Waals surface area contributed by atoms with Gasteiger partial charge < -0.3 is 19.5 Å². The average Bonchev–Trinajstić information content (AvgIpc) is 2.66. The van der Waals surface area contributed by atoms with Crippen LogP contribution in [-0.4, -0.2) is 73.4 Å². The highest BCUT2D eigenvalue weighted by Gasteiger charge is 2.15. The van der Waals surface area contributed by atoms with Gasteiger partial charge in [-0.3, -0.25) is 13.9 Å². The molecule has 0 unspecified atom stereocenters. The van der Waals surface area contributed by atoms with E-state index < -0.39 is 10.8 Å². The lowest BCUT2D eigenvalue weighted by Crippen LogP contribution is -2.41. The van der Waals surface area contributed by atoms with Gasteiger partial charge in [0, 0.05) is 49.3 Å². The average molecular weight is 368 g/mol. The highest BCUT2D eigenvalue weighted by atomic mass is 32.2. The standard InChI is InChI=1S/C17H24N2O5S/c20-17(18-4-5-19-6-8-22-9-7-19)3-12-25(21)14-1-2-15-16(13-14)24-11-10-23-15/h1-2,13H,3-12H2,(H,18,20)/t25-/m0/s1. The second kappa shape index (κ2) is 9.17. The first-order valence-electron chi connectivity index (χ1n) is 8.57. The summed E-state index contributed by atoms with van der Waals surface area (Å²) >= 11 is 0. The van der Waals surface area contributed by atoms with Crippen LogP contribution < -0.4 is 14.8 Å². The van der Waals surface area contributed by atoms with Crippen LogP contribution in [0.5, 0.6) is 11.5 Å². The molecule has 1 saturated heterocycles. The van der Waals surface area contributed by atoms with Crippen LogP contribution in [0.4, 0.5) is 0 Å². The maximum absolute atomic E-state index is 12.4. The van der Waals surface area contributed by atoms with Crippen molar-refractivity contribution in [1.82, 2.24) is 10.2 Å². The van der Waals surface area contributed by atoms with Crippen LogP contribution in [0.15, 0.2) is 23.1 Å². The SMILES string of the molecule is O=C(CC[S@](=O)c1ccc2c(c1)OCCO2)NCCN1CCOCC1. The van der Waals surface area contributed by atoms with Crippen molar-refractivity contribution in [3.05, 3.63) is 18.2 Å². The smallest absolute Gasteiger partial charge is 0.220 e. The number of amides is 1. The molecule has 1 N–H and O–H groups in total. The predicted octanol–water partition coefficient (Wildman–Crippen LogP) is 0.404. The molecule has 3 rings (SSSR count). The van der Waals surface area contributed by atoms with Gasteiger partial charge >= 0.3 is 0 Å². The number of rotatable bonds is 7. The van der Waals surface area contributed by atoms with Crippen molar-refractivity contribution in [2.45, 2.75) is 11.3 Å². The third-order valence-corrected chi connectivity index (χ3v) is 5.50. The van der Waals surface area contributed by atoms with Crippen LogP contribution in [0.3, 0.4) is 0 Å². The van der Waals surface area contributed by atoms with E-state index >= 15 is 0 Å². The summed E-state index contributed by atoms with van der Waals surface area (Å²) in [5.74, 6) is 1.52. The van der Waals surface area contributed by atoms with E-state index in [9.17, 15) is 9.00 Å². The van der Waals surface area contributed by atoms with Crippen LogP contribution in [0, 0.1) is 0 Å². The normalized spacial score (nSPS) is 18.6. The number of carbonyl (C=O) groups is 1. The number of hydrogen-bond donors (Lipinski definition) is 1. The number of carbonyl (C=O) groups excluding carboxylic acids is 1. The van der Waals surface area contributed by atoms with E-state index in [1.165, 1.54) is 0 Å². The van der Waals surface area contributed by atoms with Crippen LogP contribution in [-0.2, 0) is 20.3 Å². The van der Waals surface area contributed by atoms with Crippen molar-refractivity contribution in [2.24, 2.45) is 0 Å². The van der Waals surface area contributed by atoms with Gasteiger partial charge in [0.05, 0.1) is 24.0 Å². The number of fused-ring (bicyclic) bond motifs is 1. The van der Waals surface area contributed by atoms with Crippen molar-refractivity contribution in [2.75, 3.05) is 58.4 Å². The Bertz CT molecular complexity index is 619. The molecule has 7 nitrogen and oxygen atoms in total. The summed E-state index contributed by atoms with van der Waals surface area (Å²) in [6, 6.07) is 5.27. The number of nitrogens with one attached hydrogen (secondary N) is 1. The fourth-order valence-corrected chi connectivity index (χ4v) is 3.80. The molecular weight excluding hydrogens is 344 g/mol. The Morgan fingerprint density at radius 2 is 1.88 bits per heavy atom. The fourth-order valence-electron chi connectivity index (χ4n) is 2.74. The molecule has 0 aliphatic carbocycles. The first kappa shape index (κ1) is 18.2. The fraction of sp³-hybridized carbons (Fsp3) is 0.588. The zero-order chi connectivity index (χ0) is 17.5. The minimum atomic E-state index is -1.24. The van der Waals surface area contributed by atoms with Gasteiger partial charge in [-0.25, -0.2) is 0 Å². The van der Waals surface area contributed by atoms with Gasteiger partial charge in [0.2, 0.25) is 5.91 Å². The summed E-state index contributed by atoms with van der Waals surface area (Å²) in [5.41, 5.74) is 0. The molecule has 2 aliphatic rings. The Morgan fingerprint density at radius 3 is 2.68 bits per heavy atom. The van der Waals surface area contributed by atoms with Crippen molar-refractivity contribution in [3.63, 3.8) is 0 Å². The Morgan fingerprint density at radius 1 is 1.12 bits per heavy atom. The lowest BCUT2D eigenvalue weighted by molar-refractivity contribution is -0.120. The lowest BCUT2D eigenvalue weighted by Gasteiger charge is -2.26. The molecular formula is C17H24N2O5S. The second-order valence-electron chi connectivity index (χ2n) is 5.91. The summed E-state index contributed by atoms with van der Waals surface area (Å²) in [5, 5.41) is 2.89. The van der Waals surface area contributed by atoms with E-state index in [1.54, 1.807) is 18.2 Å². The zero-order valence-corrected chi connectivity index (χ0v) is 15.0. The molecule has 0 aromatic heterocycles. The molecule has 1 fully saturated rings. The van der Waals surface area contributed by atoms with Crippen molar-refractivity contribution >= 4 is 16.7 Å². The first-order valence-corrected chi connectivity index (χ1v) is 9.89. The van der Waals surface area contributed by atoms with Crippen LogP contribution in [0.25, 0.3) is 0 Å². The quantitative estimate of drug-likeness (QED) is 0.751. The Labute approximate surface area is 150 Å². The van der Waals surface area contributed by atoms with E-state index in [-0.39, 0.29) is 12.3 Å². The van der Waals surface area contributed by atoms with Gasteiger partial charge in [0.25, 0.3) is 0 Å². The minimum Gasteiger partial charge on any atom is -0.486 e. The van der Waals surface area contributed by atoms with Crippen LogP contribution >= 0.6 is 0 Å². The maximum Gasteiger partial charge on any atom is 0.220 e. The molecule has 2 aliphatic heterocycles. The Kier molecular flexibility index (Phi) is 6.66. The monoisotopic (exact) mass is 368 g/mol. The molecule has 8 heteroatoms. The molecule has 2 heterocycles. The van der Waals surface area contributed by atoms with E-state index in [4.69, 9.17) is 14.2 Å². The van der Waals surface area contributed by atoms with Gasteiger partial charge in [0.1, 0.15) is 13.2 Å². The minimum absolute atomic E-state index is 0.0702. The Balaban J connectivity index is 1.38.